The number of hydrogen-bond donors (Lipinski definition) is 0. The minimum atomic E-state index is 0.548. The van der Waals surface area contributed by atoms with Crippen molar-refractivity contribution in [2.75, 3.05) is 38.2 Å². The van der Waals surface area contributed by atoms with Crippen molar-refractivity contribution in [2.45, 2.75) is 20.4 Å². The van der Waals surface area contributed by atoms with Crippen molar-refractivity contribution in [1.29, 1.82) is 0 Å². The van der Waals surface area contributed by atoms with E-state index in [0.717, 1.165) is 43.3 Å². The predicted molar refractivity (Wildman–Crippen MR) is 110 cm³/mol. The largest absolute Gasteiger partial charge is 0.497 e. The first-order valence-corrected chi connectivity index (χ1v) is 9.64. The van der Waals surface area contributed by atoms with Crippen LogP contribution >= 0.6 is 0 Å². The van der Waals surface area contributed by atoms with Gasteiger partial charge >= 0.3 is 0 Å². The van der Waals surface area contributed by atoms with Gasteiger partial charge in [0.15, 0.2) is 5.82 Å². The predicted octanol–water partition coefficient (Wildman–Crippen LogP) is 3.68. The second-order valence-corrected chi connectivity index (χ2v) is 7.23. The molecule has 2 heterocycles. The molecular formula is C22H26N4O2. The molecule has 0 radical (unpaired) electrons. The van der Waals surface area contributed by atoms with Gasteiger partial charge in [0.05, 0.1) is 13.7 Å². The smallest absolute Gasteiger partial charge is 0.257 e. The number of aromatic nitrogens is 2. The Balaban J connectivity index is 1.36. The van der Waals surface area contributed by atoms with Crippen molar-refractivity contribution in [3.05, 3.63) is 59.4 Å². The summed E-state index contributed by atoms with van der Waals surface area (Å²) >= 11 is 0. The van der Waals surface area contributed by atoms with Gasteiger partial charge in [-0.1, -0.05) is 17.3 Å². The van der Waals surface area contributed by atoms with Gasteiger partial charge in [-0.2, -0.15) is 4.98 Å². The van der Waals surface area contributed by atoms with E-state index in [1.54, 1.807) is 7.11 Å². The molecule has 3 aromatic rings. The quantitative estimate of drug-likeness (QED) is 0.675. The fourth-order valence-electron chi connectivity index (χ4n) is 3.59. The Morgan fingerprint density at radius 1 is 1.00 bits per heavy atom. The molecule has 0 N–H and O–H groups in total. The van der Waals surface area contributed by atoms with Crippen LogP contribution in [0, 0.1) is 13.8 Å². The second kappa shape index (κ2) is 8.02. The zero-order chi connectivity index (χ0) is 19.5. The minimum absolute atomic E-state index is 0.548. The Labute approximate surface area is 165 Å². The summed E-state index contributed by atoms with van der Waals surface area (Å²) in [6.45, 7) is 9.07. The summed E-state index contributed by atoms with van der Waals surface area (Å²) in [6.07, 6.45) is 0. The van der Waals surface area contributed by atoms with Gasteiger partial charge in [-0.15, -0.1) is 0 Å². The second-order valence-electron chi connectivity index (χ2n) is 7.23. The van der Waals surface area contributed by atoms with Crippen LogP contribution in [0.1, 0.15) is 17.0 Å². The topological polar surface area (TPSA) is 54.6 Å². The number of benzene rings is 2. The van der Waals surface area contributed by atoms with E-state index < -0.39 is 0 Å². The number of rotatable bonds is 5. The van der Waals surface area contributed by atoms with Gasteiger partial charge in [0.2, 0.25) is 0 Å². The molecule has 0 spiro atoms. The summed E-state index contributed by atoms with van der Waals surface area (Å²) < 4.78 is 10.6. The van der Waals surface area contributed by atoms with E-state index in [4.69, 9.17) is 9.26 Å². The van der Waals surface area contributed by atoms with Crippen molar-refractivity contribution in [3.8, 4) is 17.2 Å². The monoisotopic (exact) mass is 378 g/mol. The molecule has 0 bridgehead atoms. The van der Waals surface area contributed by atoms with Crippen LogP contribution in [0.3, 0.4) is 0 Å². The van der Waals surface area contributed by atoms with Gasteiger partial charge in [0.1, 0.15) is 5.75 Å². The third-order valence-corrected chi connectivity index (χ3v) is 5.46. The highest BCUT2D eigenvalue weighted by Crippen LogP contribution is 2.24. The van der Waals surface area contributed by atoms with E-state index in [9.17, 15) is 0 Å². The normalized spacial score (nSPS) is 15.0. The lowest BCUT2D eigenvalue weighted by Gasteiger charge is -2.36. The molecule has 0 amide bonds. The van der Waals surface area contributed by atoms with Crippen LogP contribution in [0.5, 0.6) is 5.75 Å². The molecule has 1 aliphatic rings. The highest BCUT2D eigenvalue weighted by atomic mass is 16.5. The van der Waals surface area contributed by atoms with Gasteiger partial charge in [0.25, 0.3) is 5.89 Å². The molecule has 1 fully saturated rings. The van der Waals surface area contributed by atoms with Crippen LogP contribution in [0.2, 0.25) is 0 Å². The van der Waals surface area contributed by atoms with E-state index in [1.807, 2.05) is 24.3 Å². The molecule has 146 valence electrons. The van der Waals surface area contributed by atoms with Crippen LogP contribution < -0.4 is 9.64 Å². The summed E-state index contributed by atoms with van der Waals surface area (Å²) in [5, 5.41) is 4.16. The average molecular weight is 378 g/mol. The van der Waals surface area contributed by atoms with Crippen LogP contribution in [-0.4, -0.2) is 48.3 Å². The van der Waals surface area contributed by atoms with Crippen LogP contribution in [0.25, 0.3) is 11.5 Å². The van der Waals surface area contributed by atoms with Crippen LogP contribution in [0.15, 0.2) is 47.0 Å². The van der Waals surface area contributed by atoms with Gasteiger partial charge in [0, 0.05) is 37.4 Å². The lowest BCUT2D eigenvalue weighted by atomic mass is 10.1. The number of aryl methyl sites for hydroxylation is 1. The molecule has 0 aliphatic carbocycles. The van der Waals surface area contributed by atoms with Gasteiger partial charge in [-0.3, -0.25) is 4.90 Å². The molecule has 0 atom stereocenters. The molecule has 1 aromatic heterocycles. The highest BCUT2D eigenvalue weighted by molar-refractivity contribution is 5.56. The fraction of sp³-hybridized carbons (Fsp3) is 0.364. The maximum atomic E-state index is 5.45. The zero-order valence-electron chi connectivity index (χ0n) is 16.7. The van der Waals surface area contributed by atoms with Crippen molar-refractivity contribution in [2.24, 2.45) is 0 Å². The van der Waals surface area contributed by atoms with E-state index >= 15 is 0 Å². The Hall–Kier alpha value is -2.86. The van der Waals surface area contributed by atoms with E-state index in [2.05, 4.69) is 52.0 Å². The molecule has 2 aromatic carbocycles. The summed E-state index contributed by atoms with van der Waals surface area (Å²) in [5.41, 5.74) is 4.97. The van der Waals surface area contributed by atoms with Crippen LogP contribution in [-0.2, 0) is 6.54 Å². The first kappa shape index (κ1) is 18.5. The van der Waals surface area contributed by atoms with E-state index in [1.165, 1.54) is 16.8 Å². The number of anilines is 1. The average Bonchev–Trinajstić information content (AvgIpc) is 3.19. The molecule has 0 saturated carbocycles. The van der Waals surface area contributed by atoms with Crippen molar-refractivity contribution < 1.29 is 9.26 Å². The van der Waals surface area contributed by atoms with Gasteiger partial charge in [-0.05, 0) is 55.3 Å². The van der Waals surface area contributed by atoms with Crippen molar-refractivity contribution >= 4 is 5.69 Å². The third kappa shape index (κ3) is 3.87. The summed E-state index contributed by atoms with van der Waals surface area (Å²) in [4.78, 5) is 9.41. The summed E-state index contributed by atoms with van der Waals surface area (Å²) in [5.74, 6) is 2.09. The van der Waals surface area contributed by atoms with Crippen molar-refractivity contribution in [3.63, 3.8) is 0 Å². The van der Waals surface area contributed by atoms with E-state index in [0.29, 0.717) is 12.4 Å². The maximum Gasteiger partial charge on any atom is 0.257 e. The van der Waals surface area contributed by atoms with Crippen LogP contribution in [0.4, 0.5) is 5.69 Å². The van der Waals surface area contributed by atoms with Gasteiger partial charge in [-0.25, -0.2) is 0 Å². The highest BCUT2D eigenvalue weighted by Gasteiger charge is 2.20. The Kier molecular flexibility index (Phi) is 5.30. The lowest BCUT2D eigenvalue weighted by molar-refractivity contribution is 0.240. The third-order valence-electron chi connectivity index (χ3n) is 5.46. The SMILES string of the molecule is COc1ccc(-c2nc(CN3CCN(c4cccc(C)c4C)CC3)no2)cc1. The van der Waals surface area contributed by atoms with Crippen molar-refractivity contribution in [1.82, 2.24) is 15.0 Å². The molecule has 0 unspecified atom stereocenters. The zero-order valence-corrected chi connectivity index (χ0v) is 16.7. The minimum Gasteiger partial charge on any atom is -0.497 e. The number of ether oxygens (including phenoxy) is 1. The number of hydrogen-bond acceptors (Lipinski definition) is 6. The summed E-state index contributed by atoms with van der Waals surface area (Å²) in [7, 11) is 1.65. The number of nitrogens with zero attached hydrogens (tertiary/aromatic N) is 4. The lowest BCUT2D eigenvalue weighted by Crippen LogP contribution is -2.46. The van der Waals surface area contributed by atoms with Gasteiger partial charge < -0.3 is 14.2 Å². The molecular weight excluding hydrogens is 352 g/mol. The molecule has 6 heteroatoms. The maximum absolute atomic E-state index is 5.45. The molecule has 6 nitrogen and oxygen atoms in total. The molecule has 1 saturated heterocycles. The molecule has 1 aliphatic heterocycles. The molecule has 4 rings (SSSR count). The number of piperazine rings is 1. The first-order chi connectivity index (χ1) is 13.6. The summed E-state index contributed by atoms with van der Waals surface area (Å²) in [6, 6.07) is 14.2. The Morgan fingerprint density at radius 3 is 2.46 bits per heavy atom. The Bertz CT molecular complexity index is 928. The number of methoxy groups -OCH3 is 1. The first-order valence-electron chi connectivity index (χ1n) is 9.64. The van der Waals surface area contributed by atoms with E-state index in [-0.39, 0.29) is 0 Å². The fourth-order valence-corrected chi connectivity index (χ4v) is 3.59. The standard InChI is InChI=1S/C22H26N4O2/c1-16-5-4-6-20(17(16)2)26-13-11-25(12-14-26)15-21-23-22(28-24-21)18-7-9-19(27-3)10-8-18/h4-10H,11-15H2,1-3H3. The molecule has 28 heavy (non-hydrogen) atoms. The Morgan fingerprint density at radius 2 is 1.75 bits per heavy atom.